The summed E-state index contributed by atoms with van der Waals surface area (Å²) < 4.78 is 0. The molecular weight excluding hydrogens is 352 g/mol. The molecule has 2 bridgehead atoms. The lowest BCUT2D eigenvalue weighted by atomic mass is 9.91. The second kappa shape index (κ2) is 7.89. The molecule has 0 radical (unpaired) electrons. The van der Waals surface area contributed by atoms with Gasteiger partial charge >= 0.3 is 0 Å². The van der Waals surface area contributed by atoms with E-state index in [1.165, 1.54) is 58.6 Å². The van der Waals surface area contributed by atoms with Crippen LogP contribution in [0.3, 0.4) is 0 Å². The Morgan fingerprint density at radius 3 is 1.62 bits per heavy atom. The Hall–Kier alpha value is -2.22. The van der Waals surface area contributed by atoms with E-state index in [2.05, 4.69) is 77.9 Å². The van der Waals surface area contributed by atoms with Crippen LogP contribution in [-0.4, -0.2) is 11.4 Å². The van der Waals surface area contributed by atoms with Crippen LogP contribution in [0.25, 0.3) is 0 Å². The van der Waals surface area contributed by atoms with E-state index in [1.807, 2.05) is 0 Å². The van der Waals surface area contributed by atoms with Gasteiger partial charge in [0.05, 0.1) is 22.8 Å². The summed E-state index contributed by atoms with van der Waals surface area (Å²) in [5.74, 6) is 2.08. The second-order valence-electron chi connectivity index (χ2n) is 9.54. The van der Waals surface area contributed by atoms with Crippen LogP contribution in [0.1, 0.15) is 81.0 Å². The highest BCUT2D eigenvalue weighted by molar-refractivity contribution is 6.47. The van der Waals surface area contributed by atoms with Crippen molar-refractivity contribution in [1.82, 2.24) is 0 Å². The van der Waals surface area contributed by atoms with Crippen molar-refractivity contribution >= 4 is 22.8 Å². The van der Waals surface area contributed by atoms with Gasteiger partial charge in [0.15, 0.2) is 0 Å². The van der Waals surface area contributed by atoms with Crippen molar-refractivity contribution in [1.29, 1.82) is 0 Å². The molecule has 2 saturated carbocycles. The van der Waals surface area contributed by atoms with E-state index in [-0.39, 0.29) is 0 Å². The minimum atomic E-state index is 0.464. The third-order valence-electron chi connectivity index (χ3n) is 6.71. The third kappa shape index (κ3) is 3.70. The molecule has 2 nitrogen and oxygen atoms in total. The van der Waals surface area contributed by atoms with E-state index >= 15 is 0 Å². The van der Waals surface area contributed by atoms with Gasteiger partial charge in [0.1, 0.15) is 0 Å². The summed E-state index contributed by atoms with van der Waals surface area (Å²) >= 11 is 0. The lowest BCUT2D eigenvalue weighted by Crippen LogP contribution is -2.22. The normalized spacial score (nSPS) is 23.9. The first kappa shape index (κ1) is 20.1. The Morgan fingerprint density at radius 2 is 1.14 bits per heavy atom. The zero-order valence-corrected chi connectivity index (χ0v) is 18.8. The van der Waals surface area contributed by atoms with Gasteiger partial charge in [-0.2, -0.15) is 0 Å². The molecule has 0 amide bonds. The maximum atomic E-state index is 5.41. The average Bonchev–Trinajstić information content (AvgIpc) is 3.27. The van der Waals surface area contributed by atoms with Crippen LogP contribution in [0.5, 0.6) is 0 Å². The molecule has 2 unspecified atom stereocenters. The van der Waals surface area contributed by atoms with E-state index in [0.29, 0.717) is 23.7 Å². The van der Waals surface area contributed by atoms with Gasteiger partial charge in [-0.25, -0.2) is 0 Å². The monoisotopic (exact) mass is 386 g/mol. The first-order valence-electron chi connectivity index (χ1n) is 11.2. The zero-order valence-electron chi connectivity index (χ0n) is 18.8. The van der Waals surface area contributed by atoms with Gasteiger partial charge in [-0.3, -0.25) is 9.98 Å². The molecule has 2 atom stereocenters. The first-order valence-corrected chi connectivity index (χ1v) is 11.2. The van der Waals surface area contributed by atoms with E-state index in [4.69, 9.17) is 9.98 Å². The molecule has 0 spiro atoms. The summed E-state index contributed by atoms with van der Waals surface area (Å²) in [6.45, 7) is 13.4. The number of rotatable bonds is 4. The standard InChI is InChI=1S/C27H34N2/c1-16(2)22-11-8-12-23(17(3)4)27(22)29-26-21-14-13-20(15-21)25(26)28-24-18(5)9-7-10-19(24)6/h7-12,16-17,20-21H,13-15H2,1-6H3. The molecule has 4 rings (SSSR count). The quantitative estimate of drug-likeness (QED) is 0.511. The minimum absolute atomic E-state index is 0.464. The predicted octanol–water partition coefficient (Wildman–Crippen LogP) is 7.83. The van der Waals surface area contributed by atoms with Crippen LogP contribution in [0.2, 0.25) is 0 Å². The molecule has 2 aliphatic carbocycles. The first-order chi connectivity index (χ1) is 13.9. The number of benzene rings is 2. The molecule has 0 aromatic heterocycles. The van der Waals surface area contributed by atoms with Gasteiger partial charge in [-0.1, -0.05) is 64.1 Å². The molecule has 152 valence electrons. The van der Waals surface area contributed by atoms with E-state index < -0.39 is 0 Å². The molecule has 0 heterocycles. The molecule has 2 fully saturated rings. The van der Waals surface area contributed by atoms with Crippen molar-refractivity contribution in [2.75, 3.05) is 0 Å². The highest BCUT2D eigenvalue weighted by atomic mass is 14.9. The van der Waals surface area contributed by atoms with Crippen molar-refractivity contribution in [3.05, 3.63) is 58.7 Å². The van der Waals surface area contributed by atoms with Crippen molar-refractivity contribution in [3.63, 3.8) is 0 Å². The minimum Gasteiger partial charge on any atom is -0.251 e. The number of hydrogen-bond donors (Lipinski definition) is 0. The van der Waals surface area contributed by atoms with Crippen molar-refractivity contribution < 1.29 is 0 Å². The number of aryl methyl sites for hydroxylation is 2. The Bertz CT molecular complexity index is 932. The third-order valence-corrected chi connectivity index (χ3v) is 6.71. The molecule has 2 heteroatoms. The largest absolute Gasteiger partial charge is 0.251 e. The Kier molecular flexibility index (Phi) is 5.46. The smallest absolute Gasteiger partial charge is 0.0703 e. The fourth-order valence-electron chi connectivity index (χ4n) is 5.06. The summed E-state index contributed by atoms with van der Waals surface area (Å²) in [5.41, 5.74) is 10.1. The lowest BCUT2D eigenvalue weighted by Gasteiger charge is -2.20. The number of nitrogens with zero attached hydrogens (tertiary/aromatic N) is 2. The van der Waals surface area contributed by atoms with Crippen molar-refractivity contribution in [2.24, 2.45) is 21.8 Å². The summed E-state index contributed by atoms with van der Waals surface area (Å²) in [5, 5.41) is 0. The average molecular weight is 387 g/mol. The van der Waals surface area contributed by atoms with E-state index in [9.17, 15) is 0 Å². The van der Waals surface area contributed by atoms with Gasteiger partial charge in [0, 0.05) is 11.8 Å². The van der Waals surface area contributed by atoms with E-state index in [1.54, 1.807) is 0 Å². The highest BCUT2D eigenvalue weighted by Gasteiger charge is 2.42. The van der Waals surface area contributed by atoms with Gasteiger partial charge in [-0.05, 0) is 67.2 Å². The fourth-order valence-corrected chi connectivity index (χ4v) is 5.06. The van der Waals surface area contributed by atoms with E-state index in [0.717, 1.165) is 5.69 Å². The molecule has 2 aromatic rings. The predicted molar refractivity (Wildman–Crippen MR) is 126 cm³/mol. The van der Waals surface area contributed by atoms with Gasteiger partial charge in [-0.15, -0.1) is 0 Å². The van der Waals surface area contributed by atoms with Crippen molar-refractivity contribution in [3.8, 4) is 0 Å². The van der Waals surface area contributed by atoms with Crippen LogP contribution in [-0.2, 0) is 0 Å². The van der Waals surface area contributed by atoms with Crippen LogP contribution >= 0.6 is 0 Å². The maximum absolute atomic E-state index is 5.41. The SMILES string of the molecule is Cc1cccc(C)c1N=C1C(=Nc2c(C(C)C)cccc2C(C)C)C2CCC1C2. The van der Waals surface area contributed by atoms with Crippen LogP contribution in [0.15, 0.2) is 46.4 Å². The van der Waals surface area contributed by atoms with Gasteiger partial charge < -0.3 is 0 Å². The molecule has 0 aliphatic heterocycles. The molecule has 29 heavy (non-hydrogen) atoms. The number of hydrogen-bond acceptors (Lipinski definition) is 2. The Balaban J connectivity index is 1.88. The summed E-state index contributed by atoms with van der Waals surface area (Å²) in [4.78, 5) is 10.7. The number of fused-ring (bicyclic) bond motifs is 2. The lowest BCUT2D eigenvalue weighted by molar-refractivity contribution is 0.736. The highest BCUT2D eigenvalue weighted by Crippen LogP contribution is 2.45. The molecular formula is C27H34N2. The summed E-state index contributed by atoms with van der Waals surface area (Å²) in [6.07, 6.45) is 3.75. The Morgan fingerprint density at radius 1 is 0.690 bits per heavy atom. The zero-order chi connectivity index (χ0) is 20.7. The number of aliphatic imine (C=N–C) groups is 2. The maximum Gasteiger partial charge on any atom is 0.0703 e. The van der Waals surface area contributed by atoms with Crippen LogP contribution in [0.4, 0.5) is 11.4 Å². The summed E-state index contributed by atoms with van der Waals surface area (Å²) in [7, 11) is 0. The molecule has 0 N–H and O–H groups in total. The van der Waals surface area contributed by atoms with Gasteiger partial charge in [0.2, 0.25) is 0 Å². The molecule has 2 aliphatic rings. The summed E-state index contributed by atoms with van der Waals surface area (Å²) in [6, 6.07) is 13.2. The molecule has 0 saturated heterocycles. The van der Waals surface area contributed by atoms with Crippen molar-refractivity contribution in [2.45, 2.75) is 72.6 Å². The van der Waals surface area contributed by atoms with Gasteiger partial charge in [0.25, 0.3) is 0 Å². The van der Waals surface area contributed by atoms with Crippen LogP contribution < -0.4 is 0 Å². The van der Waals surface area contributed by atoms with Crippen LogP contribution in [0, 0.1) is 25.7 Å². The number of para-hydroxylation sites is 2. The Labute approximate surface area is 176 Å². The molecule has 2 aromatic carbocycles. The second-order valence-corrected chi connectivity index (χ2v) is 9.54. The topological polar surface area (TPSA) is 24.7 Å². The fraction of sp³-hybridized carbons (Fsp3) is 0.481.